The van der Waals surface area contributed by atoms with Crippen molar-refractivity contribution in [2.24, 2.45) is 5.73 Å². The van der Waals surface area contributed by atoms with Crippen LogP contribution in [0, 0.1) is 0 Å². The van der Waals surface area contributed by atoms with E-state index in [1.54, 1.807) is 0 Å². The molecule has 0 rings (SSSR count). The first-order valence-electron chi connectivity index (χ1n) is 10.1. The topological polar surface area (TPSA) is 180 Å². The van der Waals surface area contributed by atoms with Gasteiger partial charge >= 0.3 is 5.97 Å². The van der Waals surface area contributed by atoms with Gasteiger partial charge in [0, 0.05) is 6.42 Å². The highest BCUT2D eigenvalue weighted by Gasteiger charge is 2.27. The molecule has 11 heteroatoms. The molecule has 0 aliphatic heterocycles. The molecule has 0 spiro atoms. The third-order valence-corrected chi connectivity index (χ3v) is 4.08. The summed E-state index contributed by atoms with van der Waals surface area (Å²) >= 11 is 0. The van der Waals surface area contributed by atoms with Gasteiger partial charge in [-0.1, -0.05) is 20.3 Å². The summed E-state index contributed by atoms with van der Waals surface area (Å²) in [5.74, 6) is -1.82. The van der Waals surface area contributed by atoms with Crippen molar-refractivity contribution in [1.82, 2.24) is 21.3 Å². The minimum absolute atomic E-state index is 0.153. The fourth-order valence-electron chi connectivity index (χ4n) is 2.57. The van der Waals surface area contributed by atoms with Crippen molar-refractivity contribution in [3.05, 3.63) is 5.82 Å². The van der Waals surface area contributed by atoms with Gasteiger partial charge in [0.2, 0.25) is 11.8 Å². The molecule has 7 N–H and O–H groups in total. The Morgan fingerprint density at radius 3 is 2.33 bits per heavy atom. The molecule has 0 aromatic heterocycles. The Bertz CT molecular complexity index is 633. The maximum absolute atomic E-state index is 12.4. The van der Waals surface area contributed by atoms with Crippen molar-refractivity contribution in [3.8, 4) is 0 Å². The number of nitrogens with one attached hydrogen (secondary N) is 4. The molecule has 0 saturated carbocycles. The summed E-state index contributed by atoms with van der Waals surface area (Å²) in [5.41, 5.74) is 5.45. The molecule has 0 fully saturated rings. The molecule has 0 aromatic carbocycles. The number of likely N-dealkylation sites (N-methyl/N-ethyl adjacent to an activating group) is 1. The number of rotatable bonds is 17. The van der Waals surface area contributed by atoms with Crippen LogP contribution in [0.5, 0.6) is 0 Å². The largest absolute Gasteiger partial charge is 0.480 e. The third-order valence-electron chi connectivity index (χ3n) is 4.08. The molecule has 0 aliphatic carbocycles. The number of carbonyl (C=O) groups is 4. The highest BCUT2D eigenvalue weighted by molar-refractivity contribution is 5.91. The van der Waals surface area contributed by atoms with Crippen LogP contribution in [0.15, 0.2) is 5.82 Å². The fraction of sp³-hybridized carbons (Fsp3) is 0.684. The molecule has 0 aromatic rings. The van der Waals surface area contributed by atoms with Crippen molar-refractivity contribution in [1.29, 1.82) is 0 Å². The van der Waals surface area contributed by atoms with Crippen LogP contribution in [0.2, 0.25) is 0 Å². The van der Waals surface area contributed by atoms with Gasteiger partial charge in [-0.25, -0.2) is 9.59 Å². The maximum atomic E-state index is 12.4. The van der Waals surface area contributed by atoms with Gasteiger partial charge in [-0.2, -0.15) is 0 Å². The van der Waals surface area contributed by atoms with Crippen molar-refractivity contribution in [3.63, 3.8) is 0 Å². The van der Waals surface area contributed by atoms with Crippen LogP contribution in [-0.2, 0) is 24.0 Å². The van der Waals surface area contributed by atoms with Gasteiger partial charge < -0.3 is 32.1 Å². The zero-order chi connectivity index (χ0) is 22.9. The molecule has 0 saturated heterocycles. The van der Waals surface area contributed by atoms with E-state index in [0.29, 0.717) is 38.8 Å². The Balaban J connectivity index is 4.83. The maximum Gasteiger partial charge on any atom is 0.326 e. The van der Waals surface area contributed by atoms with Crippen LogP contribution in [0.3, 0.4) is 0 Å². The lowest BCUT2D eigenvalue weighted by atomic mass is 10.1. The molecule has 0 aliphatic rings. The Morgan fingerprint density at radius 2 is 1.80 bits per heavy atom. The summed E-state index contributed by atoms with van der Waals surface area (Å²) in [5, 5.41) is 19.3. The first-order chi connectivity index (χ1) is 14.3. The quantitative estimate of drug-likeness (QED) is 0.123. The van der Waals surface area contributed by atoms with E-state index >= 15 is 0 Å². The van der Waals surface area contributed by atoms with E-state index in [1.165, 1.54) is 5.94 Å². The molecule has 0 heterocycles. The number of Topliss-reactive ketones (excluding diaryl/α,β-unsaturated/α-hetero) is 1. The Hall–Kier alpha value is -2.75. The summed E-state index contributed by atoms with van der Waals surface area (Å²) in [4.78, 5) is 58.4. The Kier molecular flexibility index (Phi) is 14.6. The van der Waals surface area contributed by atoms with E-state index in [0.717, 1.165) is 6.42 Å². The zero-order valence-electron chi connectivity index (χ0n) is 17.6. The molecular weight excluding hydrogens is 394 g/mol. The molecular formula is C19H33N5O6. The smallest absolute Gasteiger partial charge is 0.326 e. The van der Waals surface area contributed by atoms with Gasteiger partial charge in [0.05, 0.1) is 19.0 Å². The molecule has 170 valence electrons. The number of aliphatic carboxylic acids is 1. The molecule has 2 amide bonds. The lowest BCUT2D eigenvalue weighted by Crippen LogP contribution is -2.51. The number of hydrogen-bond acceptors (Lipinski definition) is 8. The SMILES string of the molecule is CCCC(=O)CNC(=C=O)NC(=O)CC(NC(=O)C(CCCCN)NCC)C(=O)O. The first kappa shape index (κ1) is 27.2. The number of unbranched alkanes of at least 4 members (excludes halogenated alkanes) is 1. The van der Waals surface area contributed by atoms with Crippen LogP contribution in [0.1, 0.15) is 52.4 Å². The van der Waals surface area contributed by atoms with Gasteiger partial charge in [-0.05, 0) is 32.4 Å². The van der Waals surface area contributed by atoms with Gasteiger partial charge in [0.15, 0.2) is 17.5 Å². The monoisotopic (exact) mass is 427 g/mol. The molecule has 30 heavy (non-hydrogen) atoms. The predicted octanol–water partition coefficient (Wildman–Crippen LogP) is -1.20. The van der Waals surface area contributed by atoms with Crippen molar-refractivity contribution in [2.45, 2.75) is 64.5 Å². The number of carboxylic acids is 1. The molecule has 2 unspecified atom stereocenters. The average molecular weight is 428 g/mol. The molecule has 11 nitrogen and oxygen atoms in total. The molecule has 0 radical (unpaired) electrons. The van der Waals surface area contributed by atoms with Crippen LogP contribution < -0.4 is 27.0 Å². The second-order valence-electron chi connectivity index (χ2n) is 6.67. The van der Waals surface area contributed by atoms with Gasteiger partial charge in [-0.3, -0.25) is 14.4 Å². The highest BCUT2D eigenvalue weighted by atomic mass is 16.4. The number of amides is 2. The average Bonchev–Trinajstić information content (AvgIpc) is 2.70. The number of carbonyl (C=O) groups excluding carboxylic acids is 4. The van der Waals surface area contributed by atoms with Crippen molar-refractivity contribution in [2.75, 3.05) is 19.6 Å². The number of carboxylic acid groups (broad SMARTS) is 1. The number of nitrogens with two attached hydrogens (primary N) is 1. The predicted molar refractivity (Wildman–Crippen MR) is 110 cm³/mol. The minimum Gasteiger partial charge on any atom is -0.480 e. The lowest BCUT2D eigenvalue weighted by Gasteiger charge is -2.21. The van der Waals surface area contributed by atoms with E-state index in [4.69, 9.17) is 5.73 Å². The molecule has 2 atom stereocenters. The second-order valence-corrected chi connectivity index (χ2v) is 6.67. The van der Waals surface area contributed by atoms with E-state index in [1.807, 2.05) is 13.8 Å². The minimum atomic E-state index is -1.48. The van der Waals surface area contributed by atoms with Crippen molar-refractivity contribution >= 4 is 29.5 Å². The summed E-state index contributed by atoms with van der Waals surface area (Å²) in [7, 11) is 0. The fourth-order valence-corrected chi connectivity index (χ4v) is 2.57. The van der Waals surface area contributed by atoms with E-state index in [2.05, 4.69) is 21.3 Å². The van der Waals surface area contributed by atoms with E-state index in [-0.39, 0.29) is 18.1 Å². The zero-order valence-corrected chi connectivity index (χ0v) is 17.6. The summed E-state index contributed by atoms with van der Waals surface area (Å²) in [6.45, 7) is 4.48. The third kappa shape index (κ3) is 11.9. The summed E-state index contributed by atoms with van der Waals surface area (Å²) < 4.78 is 0. The van der Waals surface area contributed by atoms with Gasteiger partial charge in [-0.15, -0.1) is 0 Å². The highest BCUT2D eigenvalue weighted by Crippen LogP contribution is 2.03. The summed E-state index contributed by atoms with van der Waals surface area (Å²) in [6, 6.07) is -2.09. The number of hydrogen-bond donors (Lipinski definition) is 6. The van der Waals surface area contributed by atoms with E-state index in [9.17, 15) is 29.1 Å². The standard InChI is InChI=1S/C19H33N5O6/c1-3-7-13(26)11-22-16(12-25)24-17(27)10-15(19(29)30)23-18(28)14(21-4-2)8-5-6-9-20/h14-15,21-22H,3-11,20H2,1-2H3,(H,23,28)(H,24,27)(H,29,30). The lowest BCUT2D eigenvalue weighted by molar-refractivity contribution is -0.143. The van der Waals surface area contributed by atoms with Crippen molar-refractivity contribution < 1.29 is 29.1 Å². The Morgan fingerprint density at radius 1 is 1.10 bits per heavy atom. The van der Waals surface area contributed by atoms with E-state index < -0.39 is 36.3 Å². The summed E-state index contributed by atoms with van der Waals surface area (Å²) in [6.07, 6.45) is 2.26. The number of ketones is 1. The van der Waals surface area contributed by atoms with Crippen LogP contribution in [0.25, 0.3) is 0 Å². The molecule has 0 bridgehead atoms. The van der Waals surface area contributed by atoms with Crippen LogP contribution in [0.4, 0.5) is 0 Å². The van der Waals surface area contributed by atoms with Crippen LogP contribution >= 0.6 is 0 Å². The van der Waals surface area contributed by atoms with Gasteiger partial charge in [0.25, 0.3) is 0 Å². The normalized spacial score (nSPS) is 12.2. The van der Waals surface area contributed by atoms with Crippen LogP contribution in [-0.4, -0.2) is 66.3 Å². The second kappa shape index (κ2) is 16.1. The van der Waals surface area contributed by atoms with Gasteiger partial charge in [0.1, 0.15) is 6.04 Å². The first-order valence-corrected chi connectivity index (χ1v) is 10.1. The Labute approximate surface area is 176 Å².